The quantitative estimate of drug-likeness (QED) is 0.00652. The van der Waals surface area contributed by atoms with Crippen LogP contribution in [0.15, 0.2) is 150 Å². The standard InChI is InChI=1S/C88H113N6O21/c1-13-108-83(97)53-93(54-84(98)109-14-2)77-41-30-67(88-75-39-35-70(91(9)10)51-80(75)115-81-52-71(92(11)12)36-40-76(81)88)50-82(77)114-47-46-113-79-42-23-63(49-78(79)94(55-85(99)110-15-3)56-86(100)111-16-4)48-73(96)22-18-44-102-58-104-60-106-62-107-61-105-59-103-57-101-43-17-20-72(95)21-19-45-112-74-37-28-66(29-38-74)87(64-24-31-68(32-25-64)89(5)6)65-26-33-69(34-27-65)90(7)8/h23-42,49-52,87H,13-22,43-48,53-62H2,1-12H3/q+1. The number of rotatable bonds is 53. The van der Waals surface area contributed by atoms with Gasteiger partial charge >= 0.3 is 23.9 Å². The molecule has 0 atom stereocenters. The van der Waals surface area contributed by atoms with Gasteiger partial charge in [-0.3, -0.25) is 28.8 Å². The maximum atomic E-state index is 13.5. The summed E-state index contributed by atoms with van der Waals surface area (Å²) in [5, 5.41) is 1.75. The summed E-state index contributed by atoms with van der Waals surface area (Å²) in [4.78, 5) is 88.2. The second kappa shape index (κ2) is 47.9. The molecule has 1 aliphatic carbocycles. The normalized spacial score (nSPS) is 11.2. The summed E-state index contributed by atoms with van der Waals surface area (Å²) in [5.74, 6) is -0.351. The minimum Gasteiger partial charge on any atom is -0.494 e. The van der Waals surface area contributed by atoms with E-state index in [2.05, 4.69) is 70.5 Å². The Morgan fingerprint density at radius 2 is 0.861 bits per heavy atom. The van der Waals surface area contributed by atoms with Gasteiger partial charge in [-0.05, 0) is 154 Å². The molecule has 6 aromatic carbocycles. The number of carbonyl (C=O) groups excluding carboxylic acids is 6. The average Bonchev–Trinajstić information content (AvgIpc) is 0.747. The van der Waals surface area contributed by atoms with Crippen LogP contribution in [0.2, 0.25) is 0 Å². The van der Waals surface area contributed by atoms with Crippen molar-refractivity contribution in [3.63, 3.8) is 0 Å². The number of carbonyl (C=O) groups is 6. The van der Waals surface area contributed by atoms with E-state index < -0.39 is 23.9 Å². The molecule has 0 saturated heterocycles. The lowest BCUT2D eigenvalue weighted by Crippen LogP contribution is -2.36. The molecule has 8 rings (SSSR count). The van der Waals surface area contributed by atoms with Crippen molar-refractivity contribution in [3.8, 4) is 39.7 Å². The predicted molar refractivity (Wildman–Crippen MR) is 440 cm³/mol. The Hall–Kier alpha value is -10.7. The van der Waals surface area contributed by atoms with E-state index in [1.54, 1.807) is 52.0 Å². The molecule has 0 fully saturated rings. The fourth-order valence-electron chi connectivity index (χ4n) is 12.6. The molecule has 0 radical (unpaired) electrons. The monoisotopic (exact) mass is 1590 g/mol. The summed E-state index contributed by atoms with van der Waals surface area (Å²) in [5.41, 5.74) is 11.1. The van der Waals surface area contributed by atoms with E-state index in [1.807, 2.05) is 127 Å². The molecule has 1 heterocycles. The summed E-state index contributed by atoms with van der Waals surface area (Å²) in [7, 11) is 16.0. The lowest BCUT2D eigenvalue weighted by Gasteiger charge is -2.27. The van der Waals surface area contributed by atoms with E-state index in [1.165, 1.54) is 20.9 Å². The van der Waals surface area contributed by atoms with Gasteiger partial charge in [-0.25, -0.2) is 4.58 Å². The molecule has 27 heteroatoms. The van der Waals surface area contributed by atoms with Crippen LogP contribution in [-0.2, 0) is 87.3 Å². The molecular formula is C88H113N6O21+. The first-order chi connectivity index (χ1) is 55.7. The van der Waals surface area contributed by atoms with Gasteiger partial charge in [-0.2, -0.15) is 0 Å². The maximum absolute atomic E-state index is 13.5. The lowest BCUT2D eigenvalue weighted by atomic mass is 9.85. The fraction of sp³-hybridized carbons (Fsp3) is 0.443. The first-order valence-electron chi connectivity index (χ1n) is 38.9. The third kappa shape index (κ3) is 29.0. The van der Waals surface area contributed by atoms with Crippen LogP contribution in [0.25, 0.3) is 33.4 Å². The van der Waals surface area contributed by atoms with Crippen LogP contribution in [0.1, 0.15) is 94.4 Å². The van der Waals surface area contributed by atoms with Crippen LogP contribution in [0, 0.1) is 0 Å². The highest BCUT2D eigenvalue weighted by Gasteiger charge is 2.27. The Morgan fingerprint density at radius 1 is 0.409 bits per heavy atom. The highest BCUT2D eigenvalue weighted by Crippen LogP contribution is 2.44. The molecule has 0 N–H and O–H groups in total. The van der Waals surface area contributed by atoms with E-state index >= 15 is 0 Å². The molecule has 2 aliphatic rings. The molecular weight excluding hydrogens is 1480 g/mol. The molecule has 1 aliphatic heterocycles. The highest BCUT2D eigenvalue weighted by molar-refractivity contribution is 6.03. The van der Waals surface area contributed by atoms with Crippen molar-refractivity contribution in [3.05, 3.63) is 173 Å². The second-order valence-electron chi connectivity index (χ2n) is 27.7. The zero-order valence-electron chi connectivity index (χ0n) is 68.6. The summed E-state index contributed by atoms with van der Waals surface area (Å²) < 4.78 is 86.9. The Labute approximate surface area is 674 Å². The number of ether oxygens (including phenoxy) is 14. The van der Waals surface area contributed by atoms with Gasteiger partial charge in [0, 0.05) is 133 Å². The zero-order chi connectivity index (χ0) is 82.4. The van der Waals surface area contributed by atoms with Gasteiger partial charge in [0.2, 0.25) is 5.36 Å². The summed E-state index contributed by atoms with van der Waals surface area (Å²) in [6.07, 6.45) is 2.54. The lowest BCUT2D eigenvalue weighted by molar-refractivity contribution is -0.215. The van der Waals surface area contributed by atoms with Crippen molar-refractivity contribution in [1.29, 1.82) is 0 Å². The van der Waals surface area contributed by atoms with Crippen LogP contribution >= 0.6 is 0 Å². The SMILES string of the molecule is CCOC(=O)CN(CC(=O)OCC)c1ccc(-c2c3ccc(=[N+](C)C)cc-3oc3cc(N(C)C)ccc23)cc1OCCOc1ccc(CC(=O)CCCOCOCOCOCOCOCOCCCC(=O)CCCOc2ccc(C(c3ccc(N(C)C)cc3)c3ccc(N(C)C)cc3)cc2)cc1N(CC(=O)OCC)CC(=O)OCC. The van der Waals surface area contributed by atoms with Gasteiger partial charge in [0.25, 0.3) is 0 Å². The Kier molecular flexibility index (Phi) is 37.4. The molecule has 6 aromatic rings. The molecule has 27 nitrogen and oxygen atoms in total. The molecule has 0 spiro atoms. The van der Waals surface area contributed by atoms with E-state index in [0.717, 1.165) is 55.8 Å². The van der Waals surface area contributed by atoms with Crippen molar-refractivity contribution >= 4 is 74.8 Å². The van der Waals surface area contributed by atoms with Gasteiger partial charge in [0.15, 0.2) is 27.2 Å². The van der Waals surface area contributed by atoms with Crippen molar-refractivity contribution in [2.45, 2.75) is 78.6 Å². The maximum Gasteiger partial charge on any atom is 0.325 e. The first-order valence-corrected chi connectivity index (χ1v) is 38.9. The van der Waals surface area contributed by atoms with E-state index in [4.69, 9.17) is 70.7 Å². The van der Waals surface area contributed by atoms with Gasteiger partial charge in [-0.15, -0.1) is 0 Å². The number of benzene rings is 7. The molecule has 0 aromatic heterocycles. The number of esters is 4. The number of hydrogen-bond donors (Lipinski definition) is 0. The summed E-state index contributed by atoms with van der Waals surface area (Å²) >= 11 is 0. The van der Waals surface area contributed by atoms with Crippen LogP contribution in [0.3, 0.4) is 0 Å². The summed E-state index contributed by atoms with van der Waals surface area (Å²) in [6.45, 7) is 6.08. The number of hydrogen-bond acceptors (Lipinski definition) is 26. The van der Waals surface area contributed by atoms with Crippen LogP contribution in [0.4, 0.5) is 28.4 Å². The Bertz CT molecular complexity index is 4320. The molecule has 0 amide bonds. The smallest absolute Gasteiger partial charge is 0.325 e. The molecule has 0 unspecified atom stereocenters. The molecule has 0 saturated carbocycles. The topological polar surface area (TPSA) is 264 Å². The van der Waals surface area contributed by atoms with Gasteiger partial charge in [0.05, 0.1) is 50.5 Å². The van der Waals surface area contributed by atoms with Gasteiger partial charge in [0.1, 0.15) is 107 Å². The van der Waals surface area contributed by atoms with Gasteiger partial charge in [-0.1, -0.05) is 48.5 Å². The average molecular weight is 1590 g/mol. The highest BCUT2D eigenvalue weighted by atomic mass is 16.8. The van der Waals surface area contributed by atoms with Crippen LogP contribution in [0.5, 0.6) is 17.2 Å². The molecule has 115 heavy (non-hydrogen) atoms. The number of fused-ring (bicyclic) bond motifs is 2. The van der Waals surface area contributed by atoms with Crippen LogP contribution < -0.4 is 48.6 Å². The Balaban J connectivity index is 0.751. The van der Waals surface area contributed by atoms with Crippen molar-refractivity contribution in [1.82, 2.24) is 4.58 Å². The number of anilines is 5. The fourth-order valence-corrected chi connectivity index (χ4v) is 12.6. The number of ketones is 2. The predicted octanol–water partition coefficient (Wildman–Crippen LogP) is 11.9. The molecule has 0 bridgehead atoms. The third-order valence-electron chi connectivity index (χ3n) is 18.2. The Morgan fingerprint density at radius 3 is 1.35 bits per heavy atom. The van der Waals surface area contributed by atoms with E-state index in [9.17, 15) is 28.8 Å². The van der Waals surface area contributed by atoms with Crippen molar-refractivity contribution in [2.24, 2.45) is 0 Å². The number of nitrogens with zero attached hydrogens (tertiary/aromatic N) is 6. The minimum atomic E-state index is -0.614. The minimum absolute atomic E-state index is 0.00292. The number of Topliss-reactive ketones (excluding diaryl/α,β-unsaturated/α-hetero) is 2. The van der Waals surface area contributed by atoms with Crippen LogP contribution in [-0.4, -0.2) is 218 Å². The third-order valence-corrected chi connectivity index (χ3v) is 18.2. The largest absolute Gasteiger partial charge is 0.494 e. The van der Waals surface area contributed by atoms with Crippen molar-refractivity contribution < 1.29 is 99.5 Å². The van der Waals surface area contributed by atoms with Crippen molar-refractivity contribution in [2.75, 3.05) is 207 Å². The summed E-state index contributed by atoms with van der Waals surface area (Å²) in [6, 6.07) is 48.2. The van der Waals surface area contributed by atoms with Gasteiger partial charge < -0.3 is 95.2 Å². The van der Waals surface area contributed by atoms with E-state index in [-0.39, 0.29) is 149 Å². The second-order valence-corrected chi connectivity index (χ2v) is 27.7. The first kappa shape index (κ1) is 89.9. The van der Waals surface area contributed by atoms with E-state index in [0.29, 0.717) is 79.3 Å². The zero-order valence-corrected chi connectivity index (χ0v) is 68.6. The molecule has 620 valence electrons.